The van der Waals surface area contributed by atoms with E-state index in [-0.39, 0.29) is 6.04 Å². The lowest BCUT2D eigenvalue weighted by Crippen LogP contribution is -2.43. The van der Waals surface area contributed by atoms with Gasteiger partial charge in [0, 0.05) is 6.04 Å². The summed E-state index contributed by atoms with van der Waals surface area (Å²) in [5.41, 5.74) is 0. The van der Waals surface area contributed by atoms with E-state index < -0.39 is 27.2 Å². The predicted molar refractivity (Wildman–Crippen MR) is 67.4 cm³/mol. The van der Waals surface area contributed by atoms with E-state index in [1.165, 1.54) is 7.11 Å². The highest BCUT2D eigenvalue weighted by molar-refractivity contribution is 7.90. The number of esters is 1. The molecule has 0 bridgehead atoms. The standard InChI is InChI=1S/C12H21NO4S/c1-8(9-6-7-9)13-18(15,16)11-5-3-4-10(11)12(14)17-2/h8-11,13H,3-7H2,1-2H3. The number of methoxy groups -OCH3 is 1. The van der Waals surface area contributed by atoms with Crippen LogP contribution in [-0.4, -0.2) is 32.8 Å². The lowest BCUT2D eigenvalue weighted by Gasteiger charge is -2.21. The Kier molecular flexibility index (Phi) is 3.96. The third kappa shape index (κ3) is 2.85. The van der Waals surface area contributed by atoms with Gasteiger partial charge in [-0.2, -0.15) is 0 Å². The second kappa shape index (κ2) is 5.17. The van der Waals surface area contributed by atoms with Crippen LogP contribution in [0.2, 0.25) is 0 Å². The summed E-state index contributed by atoms with van der Waals surface area (Å²) in [7, 11) is -2.11. The molecule has 1 N–H and O–H groups in total. The first-order valence-electron chi connectivity index (χ1n) is 6.54. The van der Waals surface area contributed by atoms with Gasteiger partial charge < -0.3 is 4.74 Å². The smallest absolute Gasteiger partial charge is 0.310 e. The molecule has 0 spiro atoms. The highest BCUT2D eigenvalue weighted by Crippen LogP contribution is 2.35. The maximum atomic E-state index is 12.3. The van der Waals surface area contributed by atoms with Crippen LogP contribution in [0, 0.1) is 11.8 Å². The first-order valence-corrected chi connectivity index (χ1v) is 8.09. The van der Waals surface area contributed by atoms with Crippen LogP contribution in [0.5, 0.6) is 0 Å². The molecule has 2 aliphatic rings. The zero-order valence-corrected chi connectivity index (χ0v) is 11.7. The van der Waals surface area contributed by atoms with Crippen LogP contribution in [0.25, 0.3) is 0 Å². The number of carbonyl (C=O) groups excluding carboxylic acids is 1. The Labute approximate surface area is 108 Å². The second-order valence-corrected chi connectivity index (χ2v) is 7.32. The van der Waals surface area contributed by atoms with Gasteiger partial charge in [0.15, 0.2) is 0 Å². The molecule has 0 aliphatic heterocycles. The molecule has 2 saturated carbocycles. The highest BCUT2D eigenvalue weighted by atomic mass is 32.2. The fourth-order valence-electron chi connectivity index (χ4n) is 2.76. The molecule has 2 rings (SSSR count). The maximum Gasteiger partial charge on any atom is 0.310 e. The van der Waals surface area contributed by atoms with Crippen LogP contribution in [-0.2, 0) is 19.6 Å². The van der Waals surface area contributed by atoms with Gasteiger partial charge in [0.05, 0.1) is 18.3 Å². The Morgan fingerprint density at radius 2 is 1.94 bits per heavy atom. The van der Waals surface area contributed by atoms with E-state index >= 15 is 0 Å². The molecule has 0 amide bonds. The Morgan fingerprint density at radius 1 is 1.28 bits per heavy atom. The number of ether oxygens (including phenoxy) is 1. The Morgan fingerprint density at radius 3 is 2.50 bits per heavy atom. The minimum atomic E-state index is -3.42. The minimum absolute atomic E-state index is 0.0195. The van der Waals surface area contributed by atoms with Crippen LogP contribution in [0.3, 0.4) is 0 Å². The molecule has 18 heavy (non-hydrogen) atoms. The molecule has 0 aromatic heterocycles. The van der Waals surface area contributed by atoms with E-state index in [9.17, 15) is 13.2 Å². The number of hydrogen-bond acceptors (Lipinski definition) is 4. The number of hydrogen-bond donors (Lipinski definition) is 1. The summed E-state index contributed by atoms with van der Waals surface area (Å²) in [6.45, 7) is 1.90. The van der Waals surface area contributed by atoms with Gasteiger partial charge in [-0.3, -0.25) is 4.79 Å². The van der Waals surface area contributed by atoms with E-state index in [4.69, 9.17) is 4.74 Å². The van der Waals surface area contributed by atoms with Crippen molar-refractivity contribution in [1.29, 1.82) is 0 Å². The quantitative estimate of drug-likeness (QED) is 0.761. The zero-order chi connectivity index (χ0) is 13.3. The lowest BCUT2D eigenvalue weighted by atomic mass is 10.1. The van der Waals surface area contributed by atoms with Gasteiger partial charge in [0.2, 0.25) is 10.0 Å². The van der Waals surface area contributed by atoms with Crippen molar-refractivity contribution in [2.75, 3.05) is 7.11 Å². The maximum absolute atomic E-state index is 12.3. The van der Waals surface area contributed by atoms with E-state index in [2.05, 4.69) is 4.72 Å². The number of sulfonamides is 1. The van der Waals surface area contributed by atoms with Crippen LogP contribution < -0.4 is 4.72 Å². The molecule has 0 saturated heterocycles. The van der Waals surface area contributed by atoms with Crippen LogP contribution >= 0.6 is 0 Å². The SMILES string of the molecule is COC(=O)C1CCCC1S(=O)(=O)NC(C)C1CC1. The molecule has 3 atom stereocenters. The molecule has 6 heteroatoms. The van der Waals surface area contributed by atoms with Gasteiger partial charge in [-0.05, 0) is 38.5 Å². The molecular weight excluding hydrogens is 254 g/mol. The number of nitrogens with one attached hydrogen (secondary N) is 1. The van der Waals surface area contributed by atoms with Crippen molar-refractivity contribution in [3.05, 3.63) is 0 Å². The van der Waals surface area contributed by atoms with Gasteiger partial charge in [0.25, 0.3) is 0 Å². The van der Waals surface area contributed by atoms with E-state index in [1.54, 1.807) is 0 Å². The third-order valence-corrected chi connectivity index (χ3v) is 6.10. The topological polar surface area (TPSA) is 72.5 Å². The Balaban J connectivity index is 2.05. The summed E-state index contributed by atoms with van der Waals surface area (Å²) in [5, 5.41) is -0.619. The molecule has 3 unspecified atom stereocenters. The fraction of sp³-hybridized carbons (Fsp3) is 0.917. The second-order valence-electron chi connectivity index (χ2n) is 5.39. The number of carbonyl (C=O) groups is 1. The van der Waals surface area contributed by atoms with Crippen molar-refractivity contribution >= 4 is 16.0 Å². The fourth-order valence-corrected chi connectivity index (χ4v) is 4.80. The Bertz CT molecular complexity index is 416. The van der Waals surface area contributed by atoms with Crippen molar-refractivity contribution in [2.24, 2.45) is 11.8 Å². The van der Waals surface area contributed by atoms with E-state index in [0.717, 1.165) is 19.3 Å². The zero-order valence-electron chi connectivity index (χ0n) is 10.9. The van der Waals surface area contributed by atoms with Crippen molar-refractivity contribution in [1.82, 2.24) is 4.72 Å². The molecule has 5 nitrogen and oxygen atoms in total. The molecule has 0 aromatic rings. The van der Waals surface area contributed by atoms with Gasteiger partial charge >= 0.3 is 5.97 Å². The predicted octanol–water partition coefficient (Wildman–Crippen LogP) is 1.05. The number of rotatable bonds is 5. The monoisotopic (exact) mass is 275 g/mol. The first kappa shape index (κ1) is 13.8. The molecular formula is C12H21NO4S. The molecule has 2 aliphatic carbocycles. The molecule has 2 fully saturated rings. The summed E-state index contributed by atoms with van der Waals surface area (Å²) in [5.74, 6) is -0.432. The first-order chi connectivity index (χ1) is 8.45. The van der Waals surface area contributed by atoms with Crippen molar-refractivity contribution in [3.8, 4) is 0 Å². The highest BCUT2D eigenvalue weighted by Gasteiger charge is 2.43. The van der Waals surface area contributed by atoms with Crippen LogP contribution in [0.4, 0.5) is 0 Å². The average Bonchev–Trinajstić information content (AvgIpc) is 3.04. The summed E-state index contributed by atoms with van der Waals surface area (Å²) in [6.07, 6.45) is 4.11. The van der Waals surface area contributed by atoms with Gasteiger partial charge in [-0.25, -0.2) is 13.1 Å². The lowest BCUT2D eigenvalue weighted by molar-refractivity contribution is -0.145. The van der Waals surface area contributed by atoms with E-state index in [1.807, 2.05) is 6.92 Å². The normalized spacial score (nSPS) is 30.1. The largest absolute Gasteiger partial charge is 0.469 e. The average molecular weight is 275 g/mol. The summed E-state index contributed by atoms with van der Waals surface area (Å²) in [4.78, 5) is 11.6. The van der Waals surface area contributed by atoms with Crippen molar-refractivity contribution in [3.63, 3.8) is 0 Å². The summed E-state index contributed by atoms with van der Waals surface area (Å²) in [6, 6.07) is -0.0195. The van der Waals surface area contributed by atoms with Gasteiger partial charge in [0.1, 0.15) is 0 Å². The minimum Gasteiger partial charge on any atom is -0.469 e. The summed E-state index contributed by atoms with van der Waals surface area (Å²) >= 11 is 0. The van der Waals surface area contributed by atoms with Gasteiger partial charge in [-0.1, -0.05) is 6.42 Å². The van der Waals surface area contributed by atoms with Crippen LogP contribution in [0.1, 0.15) is 39.0 Å². The van der Waals surface area contributed by atoms with Crippen LogP contribution in [0.15, 0.2) is 0 Å². The molecule has 0 aromatic carbocycles. The van der Waals surface area contributed by atoms with E-state index in [0.29, 0.717) is 18.8 Å². The van der Waals surface area contributed by atoms with Crippen molar-refractivity contribution < 1.29 is 17.9 Å². The third-order valence-electron chi connectivity index (χ3n) is 4.03. The molecule has 0 radical (unpaired) electrons. The van der Waals surface area contributed by atoms with Gasteiger partial charge in [-0.15, -0.1) is 0 Å². The molecule has 0 heterocycles. The summed E-state index contributed by atoms with van der Waals surface area (Å²) < 4.78 is 32.0. The van der Waals surface area contributed by atoms with Crippen molar-refractivity contribution in [2.45, 2.75) is 50.3 Å². The Hall–Kier alpha value is -0.620. The molecule has 104 valence electrons.